The van der Waals surface area contributed by atoms with Gasteiger partial charge in [0.15, 0.2) is 6.23 Å². The van der Waals surface area contributed by atoms with Gasteiger partial charge in [0.05, 0.1) is 24.2 Å². The summed E-state index contributed by atoms with van der Waals surface area (Å²) >= 11 is 0. The fraction of sp³-hybridized carbons (Fsp3) is 0.400. The Bertz CT molecular complexity index is 887. The fourth-order valence-corrected chi connectivity index (χ4v) is 3.29. The van der Waals surface area contributed by atoms with Gasteiger partial charge in [-0.25, -0.2) is 22.5 Å². The number of nitrogens with zero attached hydrogens (tertiary/aromatic N) is 3. The molecule has 0 unspecified atom stereocenters. The minimum absolute atomic E-state index is 0.0258. The summed E-state index contributed by atoms with van der Waals surface area (Å²) in [7, 11) is -2.31. The molecule has 2 fully saturated rings. The van der Waals surface area contributed by atoms with E-state index in [0.29, 0.717) is 0 Å². The number of carbonyl (C=O) groups is 3. The van der Waals surface area contributed by atoms with Crippen LogP contribution in [-0.2, 0) is 24.3 Å². The Balaban J connectivity index is 1.85. The number of likely N-dealkylation sites (N-methyl/N-ethyl adjacent to an activating group) is 1. The number of cyclic esters (lactones) is 1. The number of hydrogen-bond donors (Lipinski definition) is 0. The lowest BCUT2D eigenvalue weighted by molar-refractivity contribution is -0.121. The van der Waals surface area contributed by atoms with Crippen molar-refractivity contribution >= 4 is 39.3 Å². The van der Waals surface area contributed by atoms with E-state index in [4.69, 9.17) is 4.74 Å². The number of halogens is 1. The maximum Gasteiger partial charge on any atom is 0.416 e. The van der Waals surface area contributed by atoms with Crippen molar-refractivity contribution in [3.8, 4) is 0 Å². The first-order chi connectivity index (χ1) is 12.1. The zero-order valence-electron chi connectivity index (χ0n) is 14.0. The summed E-state index contributed by atoms with van der Waals surface area (Å²) in [6, 6.07) is 3.59. The number of rotatable bonds is 4. The van der Waals surface area contributed by atoms with E-state index in [0.717, 1.165) is 26.4 Å². The summed E-state index contributed by atoms with van der Waals surface area (Å²) in [5.74, 6) is -1.83. The Morgan fingerprint density at radius 1 is 1.19 bits per heavy atom. The summed E-state index contributed by atoms with van der Waals surface area (Å²) in [6.07, 6.45) is -0.842. The molecule has 2 aliphatic heterocycles. The van der Waals surface area contributed by atoms with Crippen LogP contribution >= 0.6 is 0 Å². The van der Waals surface area contributed by atoms with Gasteiger partial charge in [0.2, 0.25) is 21.8 Å². The lowest BCUT2D eigenvalue weighted by Crippen LogP contribution is -2.39. The third kappa shape index (κ3) is 3.15. The van der Waals surface area contributed by atoms with Crippen molar-refractivity contribution in [2.45, 2.75) is 19.1 Å². The number of imide groups is 1. The third-order valence-electron chi connectivity index (χ3n) is 4.26. The topological polar surface area (TPSA) is 104 Å². The average Bonchev–Trinajstić information content (AvgIpc) is 3.09. The molecule has 9 nitrogen and oxygen atoms in total. The summed E-state index contributed by atoms with van der Waals surface area (Å²) in [6.45, 7) is -0.122. The maximum atomic E-state index is 14.4. The van der Waals surface area contributed by atoms with Crippen molar-refractivity contribution in [3.63, 3.8) is 0 Å². The average molecular weight is 385 g/mol. The molecule has 0 N–H and O–H groups in total. The molecule has 0 spiro atoms. The second-order valence-electron chi connectivity index (χ2n) is 5.99. The maximum absolute atomic E-state index is 14.4. The number of ether oxygens (including phenoxy) is 1. The Hall–Kier alpha value is -2.53. The van der Waals surface area contributed by atoms with Crippen LogP contribution in [0, 0.1) is 5.82 Å². The van der Waals surface area contributed by atoms with Crippen molar-refractivity contribution < 1.29 is 31.9 Å². The van der Waals surface area contributed by atoms with E-state index < -0.39 is 40.0 Å². The van der Waals surface area contributed by atoms with Crippen LogP contribution in [0.25, 0.3) is 0 Å². The largest absolute Gasteiger partial charge is 0.427 e. The van der Waals surface area contributed by atoms with Gasteiger partial charge in [0.25, 0.3) is 0 Å². The standard InChI is InChI=1S/C15H16FN3O6S/c1-17(26(2,23)24)14-8-18(15(22)25-14)9-3-4-11(10(16)7-9)19-12(20)5-6-13(19)21/h3-4,7,14H,5-6,8H2,1-2H3/t14-/m1/s1. The molecular weight excluding hydrogens is 369 g/mol. The molecule has 26 heavy (non-hydrogen) atoms. The van der Waals surface area contributed by atoms with Gasteiger partial charge < -0.3 is 4.74 Å². The molecule has 0 aliphatic carbocycles. The van der Waals surface area contributed by atoms with Gasteiger partial charge in [0, 0.05) is 19.9 Å². The Morgan fingerprint density at radius 3 is 2.35 bits per heavy atom. The minimum atomic E-state index is -3.58. The lowest BCUT2D eigenvalue weighted by Gasteiger charge is -2.20. The van der Waals surface area contributed by atoms with Gasteiger partial charge in [-0.05, 0) is 18.2 Å². The molecule has 2 heterocycles. The molecule has 0 bridgehead atoms. The van der Waals surface area contributed by atoms with Crippen LogP contribution < -0.4 is 9.80 Å². The van der Waals surface area contributed by atoms with Crippen LogP contribution in [-0.4, -0.2) is 56.7 Å². The summed E-state index contributed by atoms with van der Waals surface area (Å²) < 4.78 is 43.5. The fourth-order valence-electron chi connectivity index (χ4n) is 2.75. The Labute approximate surface area is 149 Å². The quantitative estimate of drug-likeness (QED) is 0.705. The van der Waals surface area contributed by atoms with Crippen molar-refractivity contribution in [2.24, 2.45) is 0 Å². The number of benzene rings is 1. The summed E-state index contributed by atoms with van der Waals surface area (Å²) in [5, 5.41) is 0. The van der Waals surface area contributed by atoms with Crippen molar-refractivity contribution in [3.05, 3.63) is 24.0 Å². The zero-order chi connectivity index (χ0) is 19.2. The van der Waals surface area contributed by atoms with Crippen LogP contribution in [0.3, 0.4) is 0 Å². The van der Waals surface area contributed by atoms with Crippen LogP contribution in [0.15, 0.2) is 18.2 Å². The van der Waals surface area contributed by atoms with Crippen molar-refractivity contribution in [1.82, 2.24) is 4.31 Å². The van der Waals surface area contributed by atoms with Crippen LogP contribution in [0.4, 0.5) is 20.6 Å². The predicted octanol–water partition coefficient (Wildman–Crippen LogP) is 0.653. The molecule has 1 aromatic carbocycles. The number of amides is 3. The minimum Gasteiger partial charge on any atom is -0.427 e. The first-order valence-electron chi connectivity index (χ1n) is 7.66. The second kappa shape index (κ2) is 6.32. The van der Waals surface area contributed by atoms with E-state index >= 15 is 0 Å². The van der Waals surface area contributed by atoms with E-state index in [1.54, 1.807) is 0 Å². The highest BCUT2D eigenvalue weighted by Gasteiger charge is 2.38. The highest BCUT2D eigenvalue weighted by molar-refractivity contribution is 7.88. The van der Waals surface area contributed by atoms with Crippen LogP contribution in [0.1, 0.15) is 12.8 Å². The molecule has 11 heteroatoms. The Kier molecular flexibility index (Phi) is 4.44. The first kappa shape index (κ1) is 18.3. The Morgan fingerprint density at radius 2 is 1.81 bits per heavy atom. The SMILES string of the molecule is CN([C@H]1CN(c2ccc(N3C(=O)CCC3=O)c(F)c2)C(=O)O1)S(C)(=O)=O. The van der Waals surface area contributed by atoms with Gasteiger partial charge in [0.1, 0.15) is 5.82 Å². The van der Waals surface area contributed by atoms with E-state index in [2.05, 4.69) is 0 Å². The van der Waals surface area contributed by atoms with Gasteiger partial charge in [-0.15, -0.1) is 0 Å². The molecular formula is C15H16FN3O6S. The van der Waals surface area contributed by atoms with Gasteiger partial charge >= 0.3 is 6.09 Å². The number of carbonyl (C=O) groups excluding carboxylic acids is 3. The highest BCUT2D eigenvalue weighted by atomic mass is 32.2. The predicted molar refractivity (Wildman–Crippen MR) is 88.3 cm³/mol. The summed E-state index contributed by atoms with van der Waals surface area (Å²) in [4.78, 5) is 37.3. The molecule has 0 aromatic heterocycles. The second-order valence-corrected chi connectivity index (χ2v) is 8.03. The lowest BCUT2D eigenvalue weighted by atomic mass is 10.2. The molecule has 2 aliphatic rings. The molecule has 0 saturated carbocycles. The smallest absolute Gasteiger partial charge is 0.416 e. The number of hydrogen-bond acceptors (Lipinski definition) is 6. The van der Waals surface area contributed by atoms with Gasteiger partial charge in [-0.3, -0.25) is 14.5 Å². The molecule has 2 saturated heterocycles. The van der Waals surface area contributed by atoms with Crippen LogP contribution in [0.2, 0.25) is 0 Å². The van der Waals surface area contributed by atoms with Crippen molar-refractivity contribution in [1.29, 1.82) is 0 Å². The number of sulfonamides is 1. The molecule has 3 amide bonds. The molecule has 1 aromatic rings. The van der Waals surface area contributed by atoms with E-state index in [-0.39, 0.29) is 30.8 Å². The monoisotopic (exact) mass is 385 g/mol. The highest BCUT2D eigenvalue weighted by Crippen LogP contribution is 2.31. The van der Waals surface area contributed by atoms with Gasteiger partial charge in [-0.1, -0.05) is 0 Å². The van der Waals surface area contributed by atoms with Crippen LogP contribution in [0.5, 0.6) is 0 Å². The van der Waals surface area contributed by atoms with E-state index in [1.165, 1.54) is 19.2 Å². The first-order valence-corrected chi connectivity index (χ1v) is 9.51. The zero-order valence-corrected chi connectivity index (χ0v) is 14.8. The molecule has 140 valence electrons. The van der Waals surface area contributed by atoms with Gasteiger partial charge in [-0.2, -0.15) is 4.31 Å². The number of anilines is 2. The molecule has 0 radical (unpaired) electrons. The van der Waals surface area contributed by atoms with E-state index in [9.17, 15) is 27.2 Å². The molecule has 3 rings (SSSR count). The molecule has 1 atom stereocenters. The normalized spacial score (nSPS) is 21.1. The van der Waals surface area contributed by atoms with E-state index in [1.807, 2.05) is 0 Å². The van der Waals surface area contributed by atoms with Crippen molar-refractivity contribution in [2.75, 3.05) is 29.6 Å². The third-order valence-corrected chi connectivity index (χ3v) is 5.54. The summed E-state index contributed by atoms with van der Waals surface area (Å²) in [5.41, 5.74) is -0.0571.